The number of thiophene rings is 1. The van der Waals surface area contributed by atoms with Gasteiger partial charge >= 0.3 is 12.0 Å². The first-order valence-electron chi connectivity index (χ1n) is 6.42. The van der Waals surface area contributed by atoms with Crippen molar-refractivity contribution in [3.8, 4) is 0 Å². The van der Waals surface area contributed by atoms with Crippen LogP contribution >= 0.6 is 11.3 Å². The molecule has 0 radical (unpaired) electrons. The lowest BCUT2D eigenvalue weighted by Crippen LogP contribution is -2.44. The summed E-state index contributed by atoms with van der Waals surface area (Å²) in [5, 5.41) is 13.7. The van der Waals surface area contributed by atoms with Crippen LogP contribution in [0.15, 0.2) is 11.4 Å². The SMILES string of the molecule is CCC(CNC(=O)N1CCc2sccc2C1)C(=O)O. The van der Waals surface area contributed by atoms with E-state index >= 15 is 0 Å². The lowest BCUT2D eigenvalue weighted by atomic mass is 10.1. The van der Waals surface area contributed by atoms with Crippen molar-refractivity contribution in [1.82, 2.24) is 10.2 Å². The molecule has 2 N–H and O–H groups in total. The average Bonchev–Trinajstić information content (AvgIpc) is 2.85. The van der Waals surface area contributed by atoms with Crippen LogP contribution < -0.4 is 5.32 Å². The van der Waals surface area contributed by atoms with Gasteiger partial charge in [0, 0.05) is 24.5 Å². The van der Waals surface area contributed by atoms with Crippen LogP contribution in [0.1, 0.15) is 23.8 Å². The Kier molecular flexibility index (Phi) is 4.42. The van der Waals surface area contributed by atoms with Gasteiger partial charge in [0.1, 0.15) is 0 Å². The highest BCUT2D eigenvalue weighted by atomic mass is 32.1. The van der Waals surface area contributed by atoms with Crippen molar-refractivity contribution in [3.63, 3.8) is 0 Å². The Morgan fingerprint density at radius 3 is 3.05 bits per heavy atom. The van der Waals surface area contributed by atoms with Crippen molar-refractivity contribution in [2.24, 2.45) is 5.92 Å². The van der Waals surface area contributed by atoms with Gasteiger partial charge in [0.25, 0.3) is 0 Å². The van der Waals surface area contributed by atoms with Gasteiger partial charge in [-0.15, -0.1) is 11.3 Å². The first kappa shape index (κ1) is 13.9. The predicted octanol–water partition coefficient (Wildman–Crippen LogP) is 1.93. The summed E-state index contributed by atoms with van der Waals surface area (Å²) in [4.78, 5) is 26.0. The molecule has 2 amide bonds. The summed E-state index contributed by atoms with van der Waals surface area (Å²) in [7, 11) is 0. The van der Waals surface area contributed by atoms with E-state index in [1.54, 1.807) is 16.2 Å². The Balaban J connectivity index is 1.86. The fourth-order valence-corrected chi connectivity index (χ4v) is 3.04. The van der Waals surface area contributed by atoms with E-state index in [-0.39, 0.29) is 12.6 Å². The minimum absolute atomic E-state index is 0.170. The summed E-state index contributed by atoms with van der Waals surface area (Å²) < 4.78 is 0. The van der Waals surface area contributed by atoms with E-state index in [1.165, 1.54) is 10.4 Å². The molecule has 1 aromatic rings. The zero-order chi connectivity index (χ0) is 13.8. The molecule has 0 aromatic carbocycles. The minimum atomic E-state index is -0.860. The van der Waals surface area contributed by atoms with Gasteiger partial charge < -0.3 is 15.3 Å². The number of aliphatic carboxylic acids is 1. The van der Waals surface area contributed by atoms with E-state index in [0.29, 0.717) is 19.5 Å². The number of nitrogens with one attached hydrogen (secondary N) is 1. The fourth-order valence-electron chi connectivity index (χ4n) is 2.15. The zero-order valence-corrected chi connectivity index (χ0v) is 11.7. The number of hydrogen-bond donors (Lipinski definition) is 2. The Labute approximate surface area is 116 Å². The van der Waals surface area contributed by atoms with Crippen LogP contribution in [-0.2, 0) is 17.8 Å². The van der Waals surface area contributed by atoms with E-state index < -0.39 is 11.9 Å². The lowest BCUT2D eigenvalue weighted by molar-refractivity contribution is -0.141. The van der Waals surface area contributed by atoms with Crippen molar-refractivity contribution in [3.05, 3.63) is 21.9 Å². The third kappa shape index (κ3) is 3.26. The van der Waals surface area contributed by atoms with Crippen LogP contribution in [0.4, 0.5) is 4.79 Å². The maximum absolute atomic E-state index is 12.0. The molecule has 0 aliphatic carbocycles. The van der Waals surface area contributed by atoms with Crippen molar-refractivity contribution < 1.29 is 14.7 Å². The Morgan fingerprint density at radius 1 is 1.58 bits per heavy atom. The average molecular weight is 282 g/mol. The molecule has 0 spiro atoms. The molecule has 5 nitrogen and oxygen atoms in total. The Bertz CT molecular complexity index is 472. The molecule has 0 fully saturated rings. The third-order valence-corrected chi connectivity index (χ3v) is 4.46. The fraction of sp³-hybridized carbons (Fsp3) is 0.538. The van der Waals surface area contributed by atoms with E-state index in [2.05, 4.69) is 5.32 Å². The summed E-state index contributed by atoms with van der Waals surface area (Å²) >= 11 is 1.73. The van der Waals surface area contributed by atoms with Gasteiger partial charge in [-0.3, -0.25) is 4.79 Å². The molecule has 0 saturated heterocycles. The van der Waals surface area contributed by atoms with Crippen LogP contribution in [-0.4, -0.2) is 35.1 Å². The Hall–Kier alpha value is -1.56. The summed E-state index contributed by atoms with van der Waals surface area (Å²) in [6.45, 7) is 3.32. The summed E-state index contributed by atoms with van der Waals surface area (Å²) in [6.07, 6.45) is 1.40. The summed E-state index contributed by atoms with van der Waals surface area (Å²) in [5.74, 6) is -1.37. The quantitative estimate of drug-likeness (QED) is 0.886. The van der Waals surface area contributed by atoms with E-state index in [4.69, 9.17) is 5.11 Å². The lowest BCUT2D eigenvalue weighted by Gasteiger charge is -2.27. The van der Waals surface area contributed by atoms with Crippen molar-refractivity contribution >= 4 is 23.3 Å². The third-order valence-electron chi connectivity index (χ3n) is 3.44. The van der Waals surface area contributed by atoms with E-state index in [1.807, 2.05) is 18.4 Å². The summed E-state index contributed by atoms with van der Waals surface area (Å²) in [5.41, 5.74) is 1.21. The molecule has 2 heterocycles. The second-order valence-electron chi connectivity index (χ2n) is 4.67. The number of rotatable bonds is 4. The van der Waals surface area contributed by atoms with Gasteiger partial charge in [-0.25, -0.2) is 4.79 Å². The second-order valence-corrected chi connectivity index (χ2v) is 5.67. The molecule has 0 bridgehead atoms. The van der Waals surface area contributed by atoms with Crippen LogP contribution in [0, 0.1) is 5.92 Å². The van der Waals surface area contributed by atoms with Gasteiger partial charge in [0.05, 0.1) is 5.92 Å². The highest BCUT2D eigenvalue weighted by molar-refractivity contribution is 7.10. The molecule has 19 heavy (non-hydrogen) atoms. The predicted molar refractivity (Wildman–Crippen MR) is 73.2 cm³/mol. The molecule has 1 unspecified atom stereocenters. The first-order chi connectivity index (χ1) is 9.11. The van der Waals surface area contributed by atoms with Crippen LogP contribution in [0.25, 0.3) is 0 Å². The van der Waals surface area contributed by atoms with Gasteiger partial charge in [-0.1, -0.05) is 6.92 Å². The topological polar surface area (TPSA) is 69.6 Å². The number of carboxylic acid groups (broad SMARTS) is 1. The maximum Gasteiger partial charge on any atom is 0.317 e. The van der Waals surface area contributed by atoms with Gasteiger partial charge in [0.2, 0.25) is 0 Å². The number of urea groups is 1. The van der Waals surface area contributed by atoms with Crippen LogP contribution in [0.3, 0.4) is 0 Å². The Morgan fingerprint density at radius 2 is 2.37 bits per heavy atom. The summed E-state index contributed by atoms with van der Waals surface area (Å²) in [6, 6.07) is 1.88. The van der Waals surface area contributed by atoms with Gasteiger partial charge in [0.15, 0.2) is 0 Å². The molecule has 1 aromatic heterocycles. The smallest absolute Gasteiger partial charge is 0.317 e. The number of carboxylic acids is 1. The highest BCUT2D eigenvalue weighted by Crippen LogP contribution is 2.23. The van der Waals surface area contributed by atoms with Crippen LogP contribution in [0.5, 0.6) is 0 Å². The minimum Gasteiger partial charge on any atom is -0.481 e. The molecule has 2 rings (SSSR count). The molecule has 1 atom stereocenters. The van der Waals surface area contributed by atoms with Crippen molar-refractivity contribution in [2.45, 2.75) is 26.3 Å². The molecule has 0 saturated carbocycles. The zero-order valence-electron chi connectivity index (χ0n) is 10.9. The van der Waals surface area contributed by atoms with Crippen molar-refractivity contribution in [1.29, 1.82) is 0 Å². The molecule has 104 valence electrons. The highest BCUT2D eigenvalue weighted by Gasteiger charge is 2.23. The number of carbonyl (C=O) groups excluding carboxylic acids is 1. The number of carbonyl (C=O) groups is 2. The molecule has 1 aliphatic rings. The molecule has 1 aliphatic heterocycles. The normalized spacial score (nSPS) is 15.7. The van der Waals surface area contributed by atoms with Crippen LogP contribution in [0.2, 0.25) is 0 Å². The molecular formula is C13H18N2O3S. The number of fused-ring (bicyclic) bond motifs is 1. The molecule has 6 heteroatoms. The molecular weight excluding hydrogens is 264 g/mol. The first-order valence-corrected chi connectivity index (χ1v) is 7.30. The van der Waals surface area contributed by atoms with E-state index in [9.17, 15) is 9.59 Å². The standard InChI is InChI=1S/C13H18N2O3S/c1-2-9(12(16)17)7-14-13(18)15-5-3-11-10(8-15)4-6-19-11/h4,6,9H,2-3,5,7-8H2,1H3,(H,14,18)(H,16,17). The second kappa shape index (κ2) is 6.06. The van der Waals surface area contributed by atoms with E-state index in [0.717, 1.165) is 6.42 Å². The number of amides is 2. The van der Waals surface area contributed by atoms with Gasteiger partial charge in [-0.05, 0) is 29.9 Å². The largest absolute Gasteiger partial charge is 0.481 e. The van der Waals surface area contributed by atoms with Gasteiger partial charge in [-0.2, -0.15) is 0 Å². The maximum atomic E-state index is 12.0. The monoisotopic (exact) mass is 282 g/mol. The van der Waals surface area contributed by atoms with Crippen molar-refractivity contribution in [2.75, 3.05) is 13.1 Å². The number of nitrogens with zero attached hydrogens (tertiary/aromatic N) is 1. The number of hydrogen-bond acceptors (Lipinski definition) is 3.